The standard InChI is InChI=1S/C25H43N3O2/c1-18(2)16-28(23(30)15-25(6,7)8)17-19-13-20(11-12-21(19)27(9)10)26-22(29)14-24(3,4)5/h11-13,18H,14-17H2,1-10H3,(H,26,29). The van der Waals surface area contributed by atoms with Crippen molar-refractivity contribution in [2.75, 3.05) is 30.9 Å². The van der Waals surface area contributed by atoms with Crippen LogP contribution in [0.15, 0.2) is 18.2 Å². The fraction of sp³-hybridized carbons (Fsp3) is 0.680. The summed E-state index contributed by atoms with van der Waals surface area (Å²) in [4.78, 5) is 29.5. The lowest BCUT2D eigenvalue weighted by molar-refractivity contribution is -0.134. The van der Waals surface area contributed by atoms with Gasteiger partial charge in [-0.1, -0.05) is 55.4 Å². The SMILES string of the molecule is CC(C)CN(Cc1cc(NC(=O)CC(C)(C)C)ccc1N(C)C)C(=O)CC(C)(C)C. The molecular formula is C25H43N3O2. The summed E-state index contributed by atoms with van der Waals surface area (Å²) >= 11 is 0. The van der Waals surface area contributed by atoms with E-state index in [-0.39, 0.29) is 22.6 Å². The van der Waals surface area contributed by atoms with Crippen molar-refractivity contribution in [3.63, 3.8) is 0 Å². The number of carbonyl (C=O) groups excluding carboxylic acids is 2. The number of benzene rings is 1. The number of anilines is 2. The molecule has 0 bridgehead atoms. The Balaban J connectivity index is 3.17. The zero-order valence-corrected chi connectivity index (χ0v) is 20.8. The van der Waals surface area contributed by atoms with E-state index in [1.165, 1.54) is 0 Å². The summed E-state index contributed by atoms with van der Waals surface area (Å²) in [7, 11) is 4.00. The summed E-state index contributed by atoms with van der Waals surface area (Å²) in [5.41, 5.74) is 2.75. The van der Waals surface area contributed by atoms with Gasteiger partial charge in [-0.05, 0) is 40.5 Å². The van der Waals surface area contributed by atoms with Crippen LogP contribution in [-0.4, -0.2) is 37.4 Å². The molecule has 0 heterocycles. The van der Waals surface area contributed by atoms with Crippen molar-refractivity contribution in [3.8, 4) is 0 Å². The maximum absolute atomic E-state index is 13.0. The molecule has 170 valence electrons. The van der Waals surface area contributed by atoms with Gasteiger partial charge in [0.1, 0.15) is 0 Å². The highest BCUT2D eigenvalue weighted by molar-refractivity contribution is 5.91. The van der Waals surface area contributed by atoms with Crippen LogP contribution in [0.25, 0.3) is 0 Å². The Morgan fingerprint density at radius 1 is 0.967 bits per heavy atom. The fourth-order valence-corrected chi connectivity index (χ4v) is 3.38. The first-order valence-corrected chi connectivity index (χ1v) is 11.0. The highest BCUT2D eigenvalue weighted by Crippen LogP contribution is 2.27. The Bertz CT molecular complexity index is 725. The van der Waals surface area contributed by atoms with Crippen molar-refractivity contribution in [1.29, 1.82) is 0 Å². The summed E-state index contributed by atoms with van der Waals surface area (Å²) < 4.78 is 0. The van der Waals surface area contributed by atoms with Gasteiger partial charge in [-0.15, -0.1) is 0 Å². The van der Waals surface area contributed by atoms with Gasteiger partial charge >= 0.3 is 0 Å². The van der Waals surface area contributed by atoms with Gasteiger partial charge in [0.05, 0.1) is 0 Å². The van der Waals surface area contributed by atoms with Crippen LogP contribution < -0.4 is 10.2 Å². The highest BCUT2D eigenvalue weighted by atomic mass is 16.2. The lowest BCUT2D eigenvalue weighted by Crippen LogP contribution is -2.36. The van der Waals surface area contributed by atoms with Crippen LogP contribution in [0.1, 0.15) is 73.8 Å². The van der Waals surface area contributed by atoms with E-state index in [1.807, 2.05) is 37.2 Å². The summed E-state index contributed by atoms with van der Waals surface area (Å²) in [5, 5.41) is 3.03. The molecule has 2 amide bonds. The molecule has 0 saturated heterocycles. The first kappa shape index (κ1) is 26.0. The molecule has 5 heteroatoms. The Hall–Kier alpha value is -2.04. The van der Waals surface area contributed by atoms with Crippen LogP contribution >= 0.6 is 0 Å². The number of nitrogens with one attached hydrogen (secondary N) is 1. The summed E-state index contributed by atoms with van der Waals surface area (Å²) in [6.07, 6.45) is 0.973. The van der Waals surface area contributed by atoms with Gasteiger partial charge in [-0.3, -0.25) is 9.59 Å². The average molecular weight is 418 g/mol. The van der Waals surface area contributed by atoms with Gasteiger partial charge in [0.2, 0.25) is 11.8 Å². The smallest absolute Gasteiger partial charge is 0.224 e. The van der Waals surface area contributed by atoms with Gasteiger partial charge < -0.3 is 15.1 Å². The maximum Gasteiger partial charge on any atom is 0.224 e. The van der Waals surface area contributed by atoms with E-state index in [1.54, 1.807) is 0 Å². The predicted octanol–water partition coefficient (Wildman–Crippen LogP) is 5.55. The van der Waals surface area contributed by atoms with Crippen molar-refractivity contribution in [1.82, 2.24) is 4.90 Å². The lowest BCUT2D eigenvalue weighted by atomic mass is 9.91. The second kappa shape index (κ2) is 10.3. The number of hydrogen-bond donors (Lipinski definition) is 1. The predicted molar refractivity (Wildman–Crippen MR) is 128 cm³/mol. The molecule has 5 nitrogen and oxygen atoms in total. The highest BCUT2D eigenvalue weighted by Gasteiger charge is 2.23. The van der Waals surface area contributed by atoms with Gasteiger partial charge in [-0.25, -0.2) is 0 Å². The van der Waals surface area contributed by atoms with E-state index in [2.05, 4.69) is 65.6 Å². The Morgan fingerprint density at radius 2 is 1.53 bits per heavy atom. The minimum absolute atomic E-state index is 0.00824. The summed E-state index contributed by atoms with van der Waals surface area (Å²) in [6, 6.07) is 5.96. The van der Waals surface area contributed by atoms with Crippen molar-refractivity contribution in [2.45, 2.75) is 74.8 Å². The molecule has 0 fully saturated rings. The second-order valence-electron chi connectivity index (χ2n) is 11.4. The first-order chi connectivity index (χ1) is 13.6. The van der Waals surface area contributed by atoms with E-state index in [9.17, 15) is 9.59 Å². The van der Waals surface area contributed by atoms with Crippen LogP contribution in [0.2, 0.25) is 0 Å². The molecule has 1 aromatic carbocycles. The molecule has 0 aromatic heterocycles. The van der Waals surface area contributed by atoms with Gasteiger partial charge in [-0.2, -0.15) is 0 Å². The van der Waals surface area contributed by atoms with Crippen LogP contribution in [0, 0.1) is 16.7 Å². The third-order valence-corrected chi connectivity index (χ3v) is 4.52. The van der Waals surface area contributed by atoms with Crippen molar-refractivity contribution in [2.24, 2.45) is 16.7 Å². The van der Waals surface area contributed by atoms with E-state index in [4.69, 9.17) is 0 Å². The topological polar surface area (TPSA) is 52.7 Å². The minimum Gasteiger partial charge on any atom is -0.377 e. The first-order valence-electron chi connectivity index (χ1n) is 11.0. The van der Waals surface area contributed by atoms with Crippen LogP contribution in [-0.2, 0) is 16.1 Å². The number of amides is 2. The monoisotopic (exact) mass is 417 g/mol. The van der Waals surface area contributed by atoms with Crippen LogP contribution in [0.3, 0.4) is 0 Å². The van der Waals surface area contributed by atoms with Crippen LogP contribution in [0.5, 0.6) is 0 Å². The second-order valence-corrected chi connectivity index (χ2v) is 11.4. The average Bonchev–Trinajstić information content (AvgIpc) is 2.50. The Labute approximate surface area is 184 Å². The zero-order valence-electron chi connectivity index (χ0n) is 20.8. The number of rotatable bonds is 8. The molecule has 0 aliphatic heterocycles. The molecule has 1 aromatic rings. The summed E-state index contributed by atoms with van der Waals surface area (Å²) in [5.74, 6) is 0.559. The lowest BCUT2D eigenvalue weighted by Gasteiger charge is -2.30. The molecule has 0 radical (unpaired) electrons. The van der Waals surface area contributed by atoms with Gasteiger partial charge in [0, 0.05) is 51.4 Å². The molecular weight excluding hydrogens is 374 g/mol. The molecule has 0 atom stereocenters. The normalized spacial score (nSPS) is 12.1. The quantitative estimate of drug-likeness (QED) is 0.603. The number of hydrogen-bond acceptors (Lipinski definition) is 3. The summed E-state index contributed by atoms with van der Waals surface area (Å²) in [6.45, 7) is 17.9. The molecule has 0 saturated carbocycles. The van der Waals surface area contributed by atoms with Gasteiger partial charge in [0.15, 0.2) is 0 Å². The molecule has 0 unspecified atom stereocenters. The maximum atomic E-state index is 13.0. The van der Waals surface area contributed by atoms with E-state index >= 15 is 0 Å². The van der Waals surface area contributed by atoms with Crippen LogP contribution in [0.4, 0.5) is 11.4 Å². The van der Waals surface area contributed by atoms with E-state index in [0.717, 1.165) is 16.9 Å². The Morgan fingerprint density at radius 3 is 2.00 bits per heavy atom. The molecule has 30 heavy (non-hydrogen) atoms. The third kappa shape index (κ3) is 9.64. The molecule has 0 spiro atoms. The van der Waals surface area contributed by atoms with E-state index in [0.29, 0.717) is 31.8 Å². The largest absolute Gasteiger partial charge is 0.377 e. The Kier molecular flexibility index (Phi) is 8.94. The third-order valence-electron chi connectivity index (χ3n) is 4.52. The molecule has 1 N–H and O–H groups in total. The number of nitrogens with zero attached hydrogens (tertiary/aromatic N) is 2. The molecule has 0 aliphatic rings. The van der Waals surface area contributed by atoms with E-state index < -0.39 is 0 Å². The van der Waals surface area contributed by atoms with Crippen molar-refractivity contribution >= 4 is 23.2 Å². The minimum atomic E-state index is -0.0655. The van der Waals surface area contributed by atoms with Crippen molar-refractivity contribution < 1.29 is 9.59 Å². The molecule has 0 aliphatic carbocycles. The zero-order chi connectivity index (χ0) is 23.3. The molecule has 1 rings (SSSR count). The fourth-order valence-electron chi connectivity index (χ4n) is 3.38. The van der Waals surface area contributed by atoms with Crippen molar-refractivity contribution in [3.05, 3.63) is 23.8 Å². The number of carbonyl (C=O) groups is 2. The van der Waals surface area contributed by atoms with Gasteiger partial charge in [0.25, 0.3) is 0 Å².